The van der Waals surface area contributed by atoms with Crippen LogP contribution in [-0.2, 0) is 11.3 Å². The molecule has 5 nitrogen and oxygen atoms in total. The second-order valence-corrected chi connectivity index (χ2v) is 8.44. The molecule has 1 amide bonds. The number of benzene rings is 2. The van der Waals surface area contributed by atoms with Crippen LogP contribution < -0.4 is 15.2 Å². The fraction of sp³-hybridized carbons (Fsp3) is 0.458. The van der Waals surface area contributed by atoms with Crippen molar-refractivity contribution >= 4 is 5.91 Å². The molecule has 1 spiro atoms. The van der Waals surface area contributed by atoms with Crippen molar-refractivity contribution in [2.24, 2.45) is 11.1 Å². The Morgan fingerprint density at radius 1 is 1.14 bits per heavy atom. The summed E-state index contributed by atoms with van der Waals surface area (Å²) in [5.41, 5.74) is 8.26. The standard InChI is InChI=1S/C24H30N2O3/c1-28-22-13-18(9-10-21(22)29-16-23(25)27)14-26-15-20(19-7-3-2-4-8-19)24(17-26)11-5-6-12-24/h2-4,7-10,13,20H,5-6,11-12,14-17H2,1H3,(H2,25,27). The Morgan fingerprint density at radius 3 is 2.59 bits per heavy atom. The van der Waals surface area contributed by atoms with E-state index >= 15 is 0 Å². The van der Waals surface area contributed by atoms with E-state index in [1.54, 1.807) is 7.11 Å². The van der Waals surface area contributed by atoms with Crippen LogP contribution in [0.4, 0.5) is 0 Å². The van der Waals surface area contributed by atoms with E-state index in [2.05, 4.69) is 41.3 Å². The van der Waals surface area contributed by atoms with Crippen molar-refractivity contribution in [2.75, 3.05) is 26.8 Å². The third-order valence-electron chi connectivity index (χ3n) is 6.52. The number of carbonyl (C=O) groups is 1. The fourth-order valence-corrected chi connectivity index (χ4v) is 5.26. The van der Waals surface area contributed by atoms with E-state index < -0.39 is 5.91 Å². The monoisotopic (exact) mass is 394 g/mol. The molecule has 1 aliphatic heterocycles. The summed E-state index contributed by atoms with van der Waals surface area (Å²) in [6.07, 6.45) is 5.34. The maximum atomic E-state index is 11.0. The number of nitrogens with zero attached hydrogens (tertiary/aromatic N) is 1. The van der Waals surface area contributed by atoms with Crippen LogP contribution in [0.5, 0.6) is 11.5 Å². The predicted octanol–water partition coefficient (Wildman–Crippen LogP) is 3.72. The van der Waals surface area contributed by atoms with Gasteiger partial charge in [-0.05, 0) is 41.5 Å². The molecule has 29 heavy (non-hydrogen) atoms. The van der Waals surface area contributed by atoms with Gasteiger partial charge < -0.3 is 15.2 Å². The van der Waals surface area contributed by atoms with Gasteiger partial charge >= 0.3 is 0 Å². The Hall–Kier alpha value is -2.53. The van der Waals surface area contributed by atoms with E-state index in [4.69, 9.17) is 15.2 Å². The van der Waals surface area contributed by atoms with Gasteiger partial charge in [0.1, 0.15) is 0 Å². The lowest BCUT2D eigenvalue weighted by Gasteiger charge is -2.30. The molecule has 1 saturated heterocycles. The number of hydrogen-bond acceptors (Lipinski definition) is 4. The van der Waals surface area contributed by atoms with Gasteiger partial charge in [0, 0.05) is 25.6 Å². The maximum absolute atomic E-state index is 11.0. The Morgan fingerprint density at radius 2 is 1.90 bits per heavy atom. The molecule has 1 saturated carbocycles. The quantitative estimate of drug-likeness (QED) is 0.777. The Kier molecular flexibility index (Phi) is 5.76. The second-order valence-electron chi connectivity index (χ2n) is 8.44. The summed E-state index contributed by atoms with van der Waals surface area (Å²) in [6, 6.07) is 16.9. The van der Waals surface area contributed by atoms with Crippen molar-refractivity contribution in [3.05, 3.63) is 59.7 Å². The molecule has 1 heterocycles. The SMILES string of the molecule is COc1cc(CN2CC(c3ccccc3)C3(CCCC3)C2)ccc1OCC(N)=O. The number of rotatable bonds is 7. The third kappa shape index (κ3) is 4.25. The highest BCUT2D eigenvalue weighted by Gasteiger charge is 2.48. The summed E-state index contributed by atoms with van der Waals surface area (Å²) < 4.78 is 10.9. The van der Waals surface area contributed by atoms with E-state index in [9.17, 15) is 4.79 Å². The summed E-state index contributed by atoms with van der Waals surface area (Å²) in [5, 5.41) is 0. The lowest BCUT2D eigenvalue weighted by Crippen LogP contribution is -2.26. The minimum Gasteiger partial charge on any atom is -0.493 e. The van der Waals surface area contributed by atoms with Crippen molar-refractivity contribution in [3.8, 4) is 11.5 Å². The molecule has 2 aromatic carbocycles. The second kappa shape index (κ2) is 8.46. The van der Waals surface area contributed by atoms with E-state index in [1.807, 2.05) is 12.1 Å². The Balaban J connectivity index is 1.50. The van der Waals surface area contributed by atoms with Crippen molar-refractivity contribution in [1.82, 2.24) is 4.90 Å². The van der Waals surface area contributed by atoms with Crippen molar-refractivity contribution in [2.45, 2.75) is 38.1 Å². The molecular weight excluding hydrogens is 364 g/mol. The molecular formula is C24H30N2O3. The number of nitrogens with two attached hydrogens (primary N) is 1. The van der Waals surface area contributed by atoms with Gasteiger partial charge in [-0.3, -0.25) is 9.69 Å². The van der Waals surface area contributed by atoms with Gasteiger partial charge in [0.2, 0.25) is 0 Å². The van der Waals surface area contributed by atoms with Crippen LogP contribution in [0.15, 0.2) is 48.5 Å². The number of likely N-dealkylation sites (tertiary alicyclic amines) is 1. The summed E-state index contributed by atoms with van der Waals surface area (Å²) in [6.45, 7) is 2.97. The van der Waals surface area contributed by atoms with Crippen LogP contribution in [0.3, 0.4) is 0 Å². The predicted molar refractivity (Wildman–Crippen MR) is 113 cm³/mol. The molecule has 0 bridgehead atoms. The molecule has 0 aromatic heterocycles. The molecule has 0 radical (unpaired) electrons. The molecule has 1 unspecified atom stereocenters. The van der Waals surface area contributed by atoms with Crippen LogP contribution >= 0.6 is 0 Å². The molecule has 154 valence electrons. The van der Waals surface area contributed by atoms with Crippen molar-refractivity contribution < 1.29 is 14.3 Å². The van der Waals surface area contributed by atoms with Crippen molar-refractivity contribution in [3.63, 3.8) is 0 Å². The molecule has 2 N–H and O–H groups in total. The number of amides is 1. The van der Waals surface area contributed by atoms with Gasteiger partial charge in [0.15, 0.2) is 18.1 Å². The summed E-state index contributed by atoms with van der Waals surface area (Å²) in [5.74, 6) is 1.29. The van der Waals surface area contributed by atoms with E-state index in [1.165, 1.54) is 36.8 Å². The van der Waals surface area contributed by atoms with Gasteiger partial charge in [-0.25, -0.2) is 0 Å². The number of hydrogen-bond donors (Lipinski definition) is 1. The molecule has 2 aromatic rings. The van der Waals surface area contributed by atoms with E-state index in [0.29, 0.717) is 22.8 Å². The van der Waals surface area contributed by atoms with Gasteiger partial charge in [-0.15, -0.1) is 0 Å². The zero-order valence-electron chi connectivity index (χ0n) is 17.1. The first-order valence-electron chi connectivity index (χ1n) is 10.4. The number of carbonyl (C=O) groups excluding carboxylic acids is 1. The van der Waals surface area contributed by atoms with E-state index in [0.717, 1.165) is 19.6 Å². The number of ether oxygens (including phenoxy) is 2. The van der Waals surface area contributed by atoms with Crippen LogP contribution in [0.2, 0.25) is 0 Å². The topological polar surface area (TPSA) is 64.8 Å². The molecule has 2 fully saturated rings. The zero-order valence-corrected chi connectivity index (χ0v) is 17.1. The maximum Gasteiger partial charge on any atom is 0.255 e. The number of primary amides is 1. The summed E-state index contributed by atoms with van der Waals surface area (Å²) in [7, 11) is 1.62. The summed E-state index contributed by atoms with van der Waals surface area (Å²) in [4.78, 5) is 13.6. The van der Waals surface area contributed by atoms with Crippen LogP contribution in [-0.4, -0.2) is 37.6 Å². The largest absolute Gasteiger partial charge is 0.493 e. The van der Waals surface area contributed by atoms with Crippen LogP contribution in [0.25, 0.3) is 0 Å². The van der Waals surface area contributed by atoms with Gasteiger partial charge in [-0.2, -0.15) is 0 Å². The molecule has 5 heteroatoms. The van der Waals surface area contributed by atoms with Gasteiger partial charge in [0.25, 0.3) is 5.91 Å². The minimum atomic E-state index is -0.498. The number of methoxy groups -OCH3 is 1. The highest BCUT2D eigenvalue weighted by atomic mass is 16.5. The average Bonchev–Trinajstić information content (AvgIpc) is 3.34. The first-order valence-corrected chi connectivity index (χ1v) is 10.4. The van der Waals surface area contributed by atoms with Crippen molar-refractivity contribution in [1.29, 1.82) is 0 Å². The summed E-state index contributed by atoms with van der Waals surface area (Å²) >= 11 is 0. The molecule has 4 rings (SSSR count). The highest BCUT2D eigenvalue weighted by Crippen LogP contribution is 2.53. The molecule has 2 aliphatic rings. The molecule has 1 atom stereocenters. The first-order chi connectivity index (χ1) is 14.1. The lowest BCUT2D eigenvalue weighted by atomic mass is 9.73. The van der Waals surface area contributed by atoms with Gasteiger partial charge in [0.05, 0.1) is 7.11 Å². The smallest absolute Gasteiger partial charge is 0.255 e. The first kappa shape index (κ1) is 19.8. The van der Waals surface area contributed by atoms with Crippen LogP contribution in [0, 0.1) is 5.41 Å². The average molecular weight is 395 g/mol. The Bertz CT molecular complexity index is 846. The zero-order chi connectivity index (χ0) is 20.3. The van der Waals surface area contributed by atoms with E-state index in [-0.39, 0.29) is 6.61 Å². The molecule has 1 aliphatic carbocycles. The fourth-order valence-electron chi connectivity index (χ4n) is 5.26. The third-order valence-corrected chi connectivity index (χ3v) is 6.52. The lowest BCUT2D eigenvalue weighted by molar-refractivity contribution is -0.119. The normalized spacial score (nSPS) is 20.8. The van der Waals surface area contributed by atoms with Crippen LogP contribution in [0.1, 0.15) is 42.7 Å². The minimum absolute atomic E-state index is 0.150. The Labute approximate surface area is 172 Å². The highest BCUT2D eigenvalue weighted by molar-refractivity contribution is 5.75. The van der Waals surface area contributed by atoms with Gasteiger partial charge in [-0.1, -0.05) is 49.2 Å².